The van der Waals surface area contributed by atoms with E-state index in [1.807, 2.05) is 4.90 Å². The first kappa shape index (κ1) is 21.3. The first-order valence-corrected chi connectivity index (χ1v) is 11.0. The Hall–Kier alpha value is -2.42. The number of hydrogen-bond acceptors (Lipinski definition) is 11. The predicted molar refractivity (Wildman–Crippen MR) is 108 cm³/mol. The minimum atomic E-state index is -3.84. The maximum Gasteiger partial charge on any atom is 0.252 e. The third-order valence-corrected chi connectivity index (χ3v) is 6.58. The molecule has 0 spiro atoms. The number of morpholine rings is 1. The molecule has 0 aliphatic carbocycles. The molecular weight excluding hydrogens is 420 g/mol. The zero-order valence-electron chi connectivity index (χ0n) is 16.2. The van der Waals surface area contributed by atoms with Gasteiger partial charge in [0.25, 0.3) is 10.0 Å². The maximum atomic E-state index is 12.5. The second kappa shape index (κ2) is 8.94. The number of carbonyl (C=O) groups excluding carboxylic acids is 1. The van der Waals surface area contributed by atoms with Crippen molar-refractivity contribution in [1.29, 1.82) is 0 Å². The highest BCUT2D eigenvalue weighted by molar-refractivity contribution is 7.91. The number of thiazole rings is 1. The van der Waals surface area contributed by atoms with Crippen molar-refractivity contribution in [2.24, 2.45) is 0 Å². The van der Waals surface area contributed by atoms with Gasteiger partial charge >= 0.3 is 0 Å². The summed E-state index contributed by atoms with van der Waals surface area (Å²) in [5, 5.41) is 2.67. The summed E-state index contributed by atoms with van der Waals surface area (Å²) < 4.78 is 32.9. The SMILES string of the molecule is CC(=O)Nc1ncc(S(=O)(=O)NCc2nc(N(C)C)nc(N3CCOCC3)n2)s1. The first-order chi connectivity index (χ1) is 13.7. The van der Waals surface area contributed by atoms with Gasteiger partial charge in [0.1, 0.15) is 0 Å². The number of nitrogens with one attached hydrogen (secondary N) is 2. The van der Waals surface area contributed by atoms with Crippen LogP contribution in [0.15, 0.2) is 10.4 Å². The number of sulfonamides is 1. The van der Waals surface area contributed by atoms with E-state index in [1.165, 1.54) is 13.1 Å². The predicted octanol–water partition coefficient (Wildman–Crippen LogP) is -0.332. The monoisotopic (exact) mass is 442 g/mol. The molecule has 0 unspecified atom stereocenters. The summed E-state index contributed by atoms with van der Waals surface area (Å²) >= 11 is 0.860. The molecule has 1 saturated heterocycles. The van der Waals surface area contributed by atoms with E-state index in [-0.39, 0.29) is 21.8 Å². The van der Waals surface area contributed by atoms with Crippen molar-refractivity contribution in [3.63, 3.8) is 0 Å². The van der Waals surface area contributed by atoms with Crippen LogP contribution >= 0.6 is 11.3 Å². The molecule has 0 atom stereocenters. The van der Waals surface area contributed by atoms with Crippen LogP contribution < -0.4 is 19.8 Å². The molecule has 1 aliphatic heterocycles. The zero-order valence-corrected chi connectivity index (χ0v) is 17.9. The molecule has 158 valence electrons. The highest BCUT2D eigenvalue weighted by atomic mass is 32.2. The normalized spacial score (nSPS) is 14.7. The number of carbonyl (C=O) groups is 1. The van der Waals surface area contributed by atoms with Crippen LogP contribution in [0, 0.1) is 0 Å². The first-order valence-electron chi connectivity index (χ1n) is 8.72. The quantitative estimate of drug-likeness (QED) is 0.585. The van der Waals surface area contributed by atoms with E-state index in [9.17, 15) is 13.2 Å². The minimum absolute atomic E-state index is 0.0171. The Kier molecular flexibility index (Phi) is 6.56. The van der Waals surface area contributed by atoms with Gasteiger partial charge in [-0.05, 0) is 0 Å². The van der Waals surface area contributed by atoms with Gasteiger partial charge in [0.2, 0.25) is 17.8 Å². The number of rotatable bonds is 7. The fraction of sp³-hybridized carbons (Fsp3) is 0.533. The molecule has 2 N–H and O–H groups in total. The fourth-order valence-corrected chi connectivity index (χ4v) is 4.50. The van der Waals surface area contributed by atoms with E-state index in [0.29, 0.717) is 44.0 Å². The molecule has 1 amide bonds. The van der Waals surface area contributed by atoms with Gasteiger partial charge in [-0.1, -0.05) is 11.3 Å². The van der Waals surface area contributed by atoms with E-state index in [1.54, 1.807) is 19.0 Å². The molecule has 0 bridgehead atoms. The number of nitrogens with zero attached hydrogens (tertiary/aromatic N) is 6. The van der Waals surface area contributed by atoms with Gasteiger partial charge in [-0.25, -0.2) is 18.1 Å². The molecule has 1 aliphatic rings. The topological polar surface area (TPSA) is 143 Å². The largest absolute Gasteiger partial charge is 0.378 e. The molecule has 2 aromatic rings. The molecular formula is C15H22N8O4S2. The number of aromatic nitrogens is 4. The lowest BCUT2D eigenvalue weighted by Crippen LogP contribution is -2.38. The van der Waals surface area contributed by atoms with E-state index in [4.69, 9.17) is 4.74 Å². The Balaban J connectivity index is 1.77. The van der Waals surface area contributed by atoms with Gasteiger partial charge < -0.3 is 19.9 Å². The van der Waals surface area contributed by atoms with Crippen LogP contribution in [0.1, 0.15) is 12.7 Å². The van der Waals surface area contributed by atoms with Crippen LogP contribution in [-0.2, 0) is 26.1 Å². The lowest BCUT2D eigenvalue weighted by atomic mass is 10.4. The van der Waals surface area contributed by atoms with Gasteiger partial charge in [-0.2, -0.15) is 15.0 Å². The second-order valence-electron chi connectivity index (χ2n) is 6.34. The van der Waals surface area contributed by atoms with Crippen LogP contribution in [0.25, 0.3) is 0 Å². The van der Waals surface area contributed by atoms with Crippen molar-refractivity contribution in [2.45, 2.75) is 17.7 Å². The van der Waals surface area contributed by atoms with Crippen LogP contribution in [0.2, 0.25) is 0 Å². The Morgan fingerprint density at radius 3 is 2.66 bits per heavy atom. The van der Waals surface area contributed by atoms with Gasteiger partial charge in [0.05, 0.1) is 26.0 Å². The Morgan fingerprint density at radius 2 is 2.00 bits per heavy atom. The molecule has 2 aromatic heterocycles. The summed E-state index contributed by atoms with van der Waals surface area (Å²) in [6.45, 7) is 3.66. The van der Waals surface area contributed by atoms with E-state index in [2.05, 4.69) is 30.0 Å². The third-order valence-electron chi connectivity index (χ3n) is 3.80. The molecule has 12 nitrogen and oxygen atoms in total. The Labute approximate surface area is 172 Å². The minimum Gasteiger partial charge on any atom is -0.378 e. The molecule has 14 heteroatoms. The highest BCUT2D eigenvalue weighted by Crippen LogP contribution is 2.23. The molecule has 1 fully saturated rings. The Morgan fingerprint density at radius 1 is 1.28 bits per heavy atom. The maximum absolute atomic E-state index is 12.5. The standard InChI is InChI=1S/C15H22N8O4S2/c1-10(24)18-15-16-9-12(28-15)29(25,26)17-8-11-19-13(22(2)3)21-14(20-11)23-4-6-27-7-5-23/h9,17H,4-8H2,1-3H3,(H,16,18,24). The van der Waals surface area contributed by atoms with Crippen LogP contribution in [0.5, 0.6) is 0 Å². The van der Waals surface area contributed by atoms with E-state index in [0.717, 1.165) is 11.3 Å². The average Bonchev–Trinajstić information content (AvgIpc) is 3.15. The fourth-order valence-electron chi connectivity index (χ4n) is 2.40. The van der Waals surface area contributed by atoms with Crippen molar-refractivity contribution in [3.05, 3.63) is 12.0 Å². The van der Waals surface area contributed by atoms with Crippen LogP contribution in [0.4, 0.5) is 17.0 Å². The van der Waals surface area contributed by atoms with E-state index < -0.39 is 10.0 Å². The van der Waals surface area contributed by atoms with Crippen molar-refractivity contribution in [2.75, 3.05) is 55.5 Å². The lowest BCUT2D eigenvalue weighted by molar-refractivity contribution is -0.114. The van der Waals surface area contributed by atoms with Crippen LogP contribution in [-0.4, -0.2) is 74.7 Å². The summed E-state index contributed by atoms with van der Waals surface area (Å²) in [4.78, 5) is 31.8. The smallest absolute Gasteiger partial charge is 0.252 e. The number of amides is 1. The second-order valence-corrected chi connectivity index (χ2v) is 9.36. The van der Waals surface area contributed by atoms with Gasteiger partial charge in [0.15, 0.2) is 15.2 Å². The molecule has 3 rings (SSSR count). The van der Waals surface area contributed by atoms with Crippen molar-refractivity contribution >= 4 is 44.3 Å². The van der Waals surface area contributed by atoms with Crippen molar-refractivity contribution in [1.82, 2.24) is 24.7 Å². The molecule has 0 aromatic carbocycles. The number of ether oxygens (including phenoxy) is 1. The van der Waals surface area contributed by atoms with Gasteiger partial charge in [0, 0.05) is 34.1 Å². The van der Waals surface area contributed by atoms with Crippen molar-refractivity contribution < 1.29 is 17.9 Å². The number of anilines is 3. The zero-order chi connectivity index (χ0) is 21.0. The highest BCUT2D eigenvalue weighted by Gasteiger charge is 2.21. The Bertz CT molecular complexity index is 972. The molecule has 0 saturated carbocycles. The molecule has 0 radical (unpaired) electrons. The lowest BCUT2D eigenvalue weighted by Gasteiger charge is -2.27. The summed E-state index contributed by atoms with van der Waals surface area (Å²) in [6.07, 6.45) is 1.19. The summed E-state index contributed by atoms with van der Waals surface area (Å²) in [6, 6.07) is 0. The summed E-state index contributed by atoms with van der Waals surface area (Å²) in [5.74, 6) is 0.877. The average molecular weight is 443 g/mol. The summed E-state index contributed by atoms with van der Waals surface area (Å²) in [7, 11) is -0.239. The van der Waals surface area contributed by atoms with Crippen molar-refractivity contribution in [3.8, 4) is 0 Å². The van der Waals surface area contributed by atoms with Crippen LogP contribution in [0.3, 0.4) is 0 Å². The third kappa shape index (κ3) is 5.56. The summed E-state index contributed by atoms with van der Waals surface area (Å²) in [5.41, 5.74) is 0. The molecule has 29 heavy (non-hydrogen) atoms. The molecule has 3 heterocycles. The number of hydrogen-bond donors (Lipinski definition) is 2. The van der Waals surface area contributed by atoms with E-state index >= 15 is 0 Å². The van der Waals surface area contributed by atoms with Gasteiger partial charge in [-0.15, -0.1) is 0 Å². The van der Waals surface area contributed by atoms with Gasteiger partial charge in [-0.3, -0.25) is 4.79 Å².